The molecular formula is C9H6O2. The topological polar surface area (TPSA) is 33.4 Å². The Balaban J connectivity index is 2.57. The number of phenols is 1. The fraction of sp³-hybridized carbons (Fsp3) is 0.111. The van der Waals surface area contributed by atoms with Gasteiger partial charge in [-0.25, -0.2) is 0 Å². The summed E-state index contributed by atoms with van der Waals surface area (Å²) in [6, 6.07) is 5.46. The maximum absolute atomic E-state index is 9.32. The lowest BCUT2D eigenvalue weighted by molar-refractivity contribution is 0.463. The summed E-state index contributed by atoms with van der Waals surface area (Å²) in [6.45, 7) is 0. The summed E-state index contributed by atoms with van der Waals surface area (Å²) in [7, 11) is 0. The number of para-hydroxylation sites is 1. The Morgan fingerprint density at radius 1 is 1.36 bits per heavy atom. The van der Waals surface area contributed by atoms with Crippen molar-refractivity contribution in [3.8, 4) is 5.75 Å². The highest BCUT2D eigenvalue weighted by Crippen LogP contribution is 2.41. The summed E-state index contributed by atoms with van der Waals surface area (Å²) in [6.07, 6.45) is 0.969. The first kappa shape index (κ1) is 5.24. The van der Waals surface area contributed by atoms with Crippen LogP contribution in [-0.2, 0) is 6.42 Å². The molecule has 0 bridgehead atoms. The van der Waals surface area contributed by atoms with E-state index in [9.17, 15) is 5.11 Å². The summed E-state index contributed by atoms with van der Waals surface area (Å²) < 4.78 is 5.34. The summed E-state index contributed by atoms with van der Waals surface area (Å²) in [4.78, 5) is 0. The van der Waals surface area contributed by atoms with Crippen LogP contribution < -0.4 is 0 Å². The quantitative estimate of drug-likeness (QED) is 0.526. The van der Waals surface area contributed by atoms with Gasteiger partial charge in [0.1, 0.15) is 5.76 Å². The van der Waals surface area contributed by atoms with Crippen LogP contribution in [0.2, 0.25) is 0 Å². The molecule has 1 aromatic heterocycles. The SMILES string of the molecule is Oc1cccc2c3c(oc12)C3. The highest BCUT2D eigenvalue weighted by molar-refractivity contribution is 5.90. The standard InChI is InChI=1S/C9H6O2/c10-7-3-1-2-5-6-4-8(6)11-9(5)7/h1-3,10H,4H2. The molecule has 0 unspecified atom stereocenters. The zero-order chi connectivity index (χ0) is 7.42. The number of fused-ring (bicyclic) bond motifs is 3. The smallest absolute Gasteiger partial charge is 0.176 e. The third kappa shape index (κ3) is 0.522. The van der Waals surface area contributed by atoms with Gasteiger partial charge >= 0.3 is 0 Å². The van der Waals surface area contributed by atoms with Crippen LogP contribution in [-0.4, -0.2) is 5.11 Å². The predicted octanol–water partition coefficient (Wildman–Crippen LogP) is 2.04. The molecule has 1 N–H and O–H groups in total. The molecule has 0 amide bonds. The Bertz CT molecular complexity index is 440. The van der Waals surface area contributed by atoms with Gasteiger partial charge in [-0.1, -0.05) is 12.1 Å². The van der Waals surface area contributed by atoms with Crippen molar-refractivity contribution in [1.82, 2.24) is 0 Å². The molecule has 0 atom stereocenters. The second-order valence-electron chi connectivity index (χ2n) is 2.83. The van der Waals surface area contributed by atoms with Gasteiger partial charge in [0.05, 0.1) is 0 Å². The number of hydrogen-bond donors (Lipinski definition) is 1. The van der Waals surface area contributed by atoms with E-state index in [4.69, 9.17) is 4.42 Å². The first-order valence-electron chi connectivity index (χ1n) is 3.58. The fourth-order valence-corrected chi connectivity index (χ4v) is 1.45. The lowest BCUT2D eigenvalue weighted by atomic mass is 10.2. The van der Waals surface area contributed by atoms with Crippen molar-refractivity contribution in [2.24, 2.45) is 0 Å². The highest BCUT2D eigenvalue weighted by atomic mass is 16.4. The van der Waals surface area contributed by atoms with Crippen LogP contribution >= 0.6 is 0 Å². The molecule has 1 aromatic carbocycles. The molecule has 1 aliphatic rings. The molecule has 0 aliphatic heterocycles. The van der Waals surface area contributed by atoms with Crippen molar-refractivity contribution in [2.45, 2.75) is 6.42 Å². The number of benzene rings is 1. The average molecular weight is 146 g/mol. The molecule has 0 radical (unpaired) electrons. The van der Waals surface area contributed by atoms with Gasteiger partial charge in [0.2, 0.25) is 0 Å². The molecule has 11 heavy (non-hydrogen) atoms. The average Bonchev–Trinajstić information content (AvgIpc) is 2.67. The molecular weight excluding hydrogens is 140 g/mol. The Morgan fingerprint density at radius 3 is 3.09 bits per heavy atom. The lowest BCUT2D eigenvalue weighted by Crippen LogP contribution is -1.68. The molecule has 2 nitrogen and oxygen atoms in total. The van der Waals surface area contributed by atoms with Crippen molar-refractivity contribution in [3.63, 3.8) is 0 Å². The van der Waals surface area contributed by atoms with Crippen LogP contribution in [0, 0.1) is 0 Å². The van der Waals surface area contributed by atoms with Gasteiger partial charge in [-0.2, -0.15) is 0 Å². The van der Waals surface area contributed by atoms with Gasteiger partial charge in [0.15, 0.2) is 11.3 Å². The van der Waals surface area contributed by atoms with E-state index in [0.717, 1.165) is 17.6 Å². The molecule has 0 spiro atoms. The van der Waals surface area contributed by atoms with Gasteiger partial charge in [-0.3, -0.25) is 0 Å². The van der Waals surface area contributed by atoms with Crippen LogP contribution in [0.1, 0.15) is 11.3 Å². The van der Waals surface area contributed by atoms with Crippen molar-refractivity contribution >= 4 is 11.0 Å². The summed E-state index contributed by atoms with van der Waals surface area (Å²) in [5.74, 6) is 1.27. The number of furan rings is 1. The molecule has 1 heterocycles. The Hall–Kier alpha value is -1.44. The van der Waals surface area contributed by atoms with E-state index in [1.807, 2.05) is 12.1 Å². The molecule has 2 heteroatoms. The van der Waals surface area contributed by atoms with Crippen molar-refractivity contribution in [3.05, 3.63) is 29.5 Å². The van der Waals surface area contributed by atoms with Crippen molar-refractivity contribution < 1.29 is 9.52 Å². The van der Waals surface area contributed by atoms with Crippen molar-refractivity contribution in [2.75, 3.05) is 0 Å². The third-order valence-corrected chi connectivity index (χ3v) is 2.09. The zero-order valence-electron chi connectivity index (χ0n) is 5.79. The normalized spacial score (nSPS) is 13.5. The lowest BCUT2D eigenvalue weighted by Gasteiger charge is -1.92. The maximum Gasteiger partial charge on any atom is 0.176 e. The second kappa shape index (κ2) is 1.42. The molecule has 3 rings (SSSR count). The van der Waals surface area contributed by atoms with Gasteiger partial charge < -0.3 is 9.52 Å². The fourth-order valence-electron chi connectivity index (χ4n) is 1.45. The Kier molecular flexibility index (Phi) is 0.677. The largest absolute Gasteiger partial charge is 0.504 e. The van der Waals surface area contributed by atoms with Gasteiger partial charge in [0.25, 0.3) is 0 Å². The predicted molar refractivity (Wildman–Crippen MR) is 40.7 cm³/mol. The van der Waals surface area contributed by atoms with Crippen molar-refractivity contribution in [1.29, 1.82) is 0 Å². The summed E-state index contributed by atoms with van der Waals surface area (Å²) in [5.41, 5.74) is 1.90. The van der Waals surface area contributed by atoms with Crippen LogP contribution in [0.15, 0.2) is 22.6 Å². The minimum atomic E-state index is 0.245. The minimum Gasteiger partial charge on any atom is -0.504 e. The van der Waals surface area contributed by atoms with E-state index in [1.54, 1.807) is 6.07 Å². The van der Waals surface area contributed by atoms with E-state index >= 15 is 0 Å². The van der Waals surface area contributed by atoms with Crippen LogP contribution in [0.3, 0.4) is 0 Å². The van der Waals surface area contributed by atoms with Crippen LogP contribution in [0.25, 0.3) is 11.0 Å². The maximum atomic E-state index is 9.32. The van der Waals surface area contributed by atoms with E-state index in [-0.39, 0.29) is 5.75 Å². The second-order valence-corrected chi connectivity index (χ2v) is 2.83. The molecule has 0 saturated carbocycles. The third-order valence-electron chi connectivity index (χ3n) is 2.09. The van der Waals surface area contributed by atoms with E-state index in [2.05, 4.69) is 0 Å². The van der Waals surface area contributed by atoms with Gasteiger partial charge in [-0.05, 0) is 6.07 Å². The Labute approximate surface area is 63.1 Å². The molecule has 0 fully saturated rings. The molecule has 0 saturated heterocycles. The Morgan fingerprint density at radius 2 is 2.27 bits per heavy atom. The monoisotopic (exact) mass is 146 g/mol. The van der Waals surface area contributed by atoms with E-state index in [1.165, 1.54) is 5.56 Å². The molecule has 1 aliphatic carbocycles. The van der Waals surface area contributed by atoms with E-state index < -0.39 is 0 Å². The zero-order valence-corrected chi connectivity index (χ0v) is 5.79. The van der Waals surface area contributed by atoms with E-state index in [0.29, 0.717) is 5.58 Å². The van der Waals surface area contributed by atoms with Gasteiger partial charge in [-0.15, -0.1) is 0 Å². The highest BCUT2D eigenvalue weighted by Gasteiger charge is 2.27. The van der Waals surface area contributed by atoms with Gasteiger partial charge in [0, 0.05) is 17.4 Å². The minimum absolute atomic E-state index is 0.245. The number of aromatic hydroxyl groups is 1. The van der Waals surface area contributed by atoms with Crippen LogP contribution in [0.4, 0.5) is 0 Å². The number of phenolic OH excluding ortho intramolecular Hbond substituents is 1. The summed E-state index contributed by atoms with van der Waals surface area (Å²) in [5, 5.41) is 10.4. The summed E-state index contributed by atoms with van der Waals surface area (Å²) >= 11 is 0. The first-order chi connectivity index (χ1) is 5.36. The first-order valence-corrected chi connectivity index (χ1v) is 3.58. The van der Waals surface area contributed by atoms with Crippen LogP contribution in [0.5, 0.6) is 5.75 Å². The molecule has 54 valence electrons. The number of rotatable bonds is 0. The molecule has 2 aromatic rings. The number of hydrogen-bond acceptors (Lipinski definition) is 2.